The average Bonchev–Trinajstić information content (AvgIpc) is 3.31. The van der Waals surface area contributed by atoms with Gasteiger partial charge in [0.2, 0.25) is 5.91 Å². The van der Waals surface area contributed by atoms with E-state index in [-0.39, 0.29) is 31.5 Å². The molecule has 0 saturated heterocycles. The van der Waals surface area contributed by atoms with Crippen molar-refractivity contribution in [2.45, 2.75) is 277 Å². The number of nitrogens with zero attached hydrogens (tertiary/aromatic N) is 1. The third-order valence-electron chi connectivity index (χ3n) is 12.8. The van der Waals surface area contributed by atoms with E-state index in [0.717, 1.165) is 77.0 Å². The molecule has 404 valence electrons. The highest BCUT2D eigenvalue weighted by Crippen LogP contribution is 2.43. The van der Waals surface area contributed by atoms with Gasteiger partial charge in [0.05, 0.1) is 33.8 Å². The minimum Gasteiger partial charge on any atom is -0.456 e. The first-order chi connectivity index (χ1) is 33.4. The second-order valence-electron chi connectivity index (χ2n) is 20.8. The molecule has 69 heavy (non-hydrogen) atoms. The van der Waals surface area contributed by atoms with Crippen LogP contribution in [-0.4, -0.2) is 74.3 Å². The third-order valence-corrected chi connectivity index (χ3v) is 13.8. The van der Waals surface area contributed by atoms with Gasteiger partial charge in [-0.3, -0.25) is 18.6 Å². The number of likely N-dealkylation sites (N-methyl/N-ethyl adjacent to an activating group) is 1. The normalized spacial score (nSPS) is 14.1. The number of esters is 1. The number of carbonyl (C=O) groups is 2. The summed E-state index contributed by atoms with van der Waals surface area (Å²) < 4.78 is 30.6. The summed E-state index contributed by atoms with van der Waals surface area (Å²) in [5, 5.41) is 3.04. The van der Waals surface area contributed by atoms with E-state index >= 15 is 0 Å². The molecular formula is C59H112N2O7P+. The summed E-state index contributed by atoms with van der Waals surface area (Å²) in [6, 6.07) is -0.854. The Balaban J connectivity index is 5.40. The van der Waals surface area contributed by atoms with Gasteiger partial charge in [0, 0.05) is 12.8 Å². The van der Waals surface area contributed by atoms with Crippen LogP contribution in [0, 0.1) is 0 Å². The van der Waals surface area contributed by atoms with Gasteiger partial charge < -0.3 is 19.4 Å². The first kappa shape index (κ1) is 67.0. The highest BCUT2D eigenvalue weighted by Gasteiger charge is 2.30. The monoisotopic (exact) mass is 992 g/mol. The predicted molar refractivity (Wildman–Crippen MR) is 295 cm³/mol. The summed E-state index contributed by atoms with van der Waals surface area (Å²) in [5.74, 6) is -0.524. The van der Waals surface area contributed by atoms with Gasteiger partial charge in [-0.25, -0.2) is 4.57 Å². The fraction of sp³-hybridized carbons (Fsp3) is 0.831. The van der Waals surface area contributed by atoms with Crippen molar-refractivity contribution < 1.29 is 37.3 Å². The molecule has 0 rings (SSSR count). The van der Waals surface area contributed by atoms with Gasteiger partial charge in [-0.15, -0.1) is 0 Å². The molecule has 10 heteroatoms. The van der Waals surface area contributed by atoms with E-state index < -0.39 is 20.0 Å². The van der Waals surface area contributed by atoms with Crippen molar-refractivity contribution in [2.75, 3.05) is 40.9 Å². The number of phosphoric ester groups is 1. The Morgan fingerprint density at radius 1 is 0.507 bits per heavy atom. The zero-order chi connectivity index (χ0) is 50.8. The Hall–Kier alpha value is -2.03. The maximum absolute atomic E-state index is 13.5. The maximum atomic E-state index is 13.5. The van der Waals surface area contributed by atoms with E-state index in [0.29, 0.717) is 23.9 Å². The standard InChI is InChI=1S/C59H111N2O7P/c1-7-10-13-16-19-22-25-28-29-30-31-34-37-40-43-46-49-52-59(63)68-57(50-47-44-41-38-35-32-26-23-20-17-14-11-8-2)56(55-67-69(64,65)66-54-53-61(4,5)6)60-58(62)51-48-45-42-39-36-33-27-24-21-18-15-12-9-3/h19,22,28-29,31,34,47,50,56-57H,7-18,20-21,23-27,30,32-33,35-46,48-49,51-55H2,1-6H3,(H-,60,62,64,65)/p+1/b22-19-,29-28-,34-31-,50-47+. The van der Waals surface area contributed by atoms with E-state index in [4.69, 9.17) is 13.8 Å². The zero-order valence-corrected chi connectivity index (χ0v) is 47.0. The van der Waals surface area contributed by atoms with E-state index in [9.17, 15) is 19.0 Å². The van der Waals surface area contributed by atoms with Crippen LogP contribution in [0.4, 0.5) is 0 Å². The van der Waals surface area contributed by atoms with Gasteiger partial charge in [0.1, 0.15) is 19.3 Å². The quantitative estimate of drug-likeness (QED) is 0.0205. The summed E-state index contributed by atoms with van der Waals surface area (Å²) in [6.45, 7) is 6.98. The highest BCUT2D eigenvalue weighted by molar-refractivity contribution is 7.47. The minimum absolute atomic E-state index is 0.0373. The van der Waals surface area contributed by atoms with Crippen molar-refractivity contribution in [1.82, 2.24) is 5.32 Å². The summed E-state index contributed by atoms with van der Waals surface area (Å²) in [4.78, 5) is 37.6. The number of rotatable bonds is 52. The van der Waals surface area contributed by atoms with Crippen LogP contribution in [0.2, 0.25) is 0 Å². The van der Waals surface area contributed by atoms with Crippen molar-refractivity contribution in [1.29, 1.82) is 0 Å². The van der Waals surface area contributed by atoms with Crippen LogP contribution in [0.5, 0.6) is 0 Å². The molecule has 0 aliphatic carbocycles. The Morgan fingerprint density at radius 2 is 0.884 bits per heavy atom. The molecule has 0 spiro atoms. The fourth-order valence-electron chi connectivity index (χ4n) is 8.24. The molecule has 0 radical (unpaired) electrons. The second kappa shape index (κ2) is 49.5. The molecule has 3 atom stereocenters. The number of unbranched alkanes of at least 4 members (excludes halogenated alkanes) is 30. The molecule has 0 aromatic heterocycles. The largest absolute Gasteiger partial charge is 0.472 e. The van der Waals surface area contributed by atoms with E-state index in [1.807, 2.05) is 33.3 Å². The van der Waals surface area contributed by atoms with Crippen LogP contribution in [0.25, 0.3) is 0 Å². The molecule has 0 bridgehead atoms. The summed E-state index contributed by atoms with van der Waals surface area (Å²) in [5.41, 5.74) is 0. The van der Waals surface area contributed by atoms with Crippen molar-refractivity contribution in [3.63, 3.8) is 0 Å². The molecule has 0 aromatic rings. The van der Waals surface area contributed by atoms with Crippen LogP contribution in [-0.2, 0) is 27.9 Å². The maximum Gasteiger partial charge on any atom is 0.472 e. The lowest BCUT2D eigenvalue weighted by Gasteiger charge is -2.27. The minimum atomic E-state index is -4.45. The number of allylic oxidation sites excluding steroid dienone is 7. The molecular weight excluding hydrogens is 880 g/mol. The van der Waals surface area contributed by atoms with Gasteiger partial charge in [0.25, 0.3) is 0 Å². The number of carbonyl (C=O) groups excluding carboxylic acids is 2. The van der Waals surface area contributed by atoms with Gasteiger partial charge in [0.15, 0.2) is 0 Å². The van der Waals surface area contributed by atoms with Crippen molar-refractivity contribution >= 4 is 19.7 Å². The van der Waals surface area contributed by atoms with Crippen LogP contribution >= 0.6 is 7.82 Å². The highest BCUT2D eigenvalue weighted by atomic mass is 31.2. The second-order valence-corrected chi connectivity index (χ2v) is 22.3. The first-order valence-electron chi connectivity index (χ1n) is 29.0. The van der Waals surface area contributed by atoms with Crippen LogP contribution in [0.15, 0.2) is 48.6 Å². The first-order valence-corrected chi connectivity index (χ1v) is 30.5. The van der Waals surface area contributed by atoms with Gasteiger partial charge >= 0.3 is 13.8 Å². The summed E-state index contributed by atoms with van der Waals surface area (Å²) in [7, 11) is 1.49. The molecule has 2 N–H and O–H groups in total. The number of hydrogen-bond acceptors (Lipinski definition) is 6. The molecule has 9 nitrogen and oxygen atoms in total. The molecule has 0 saturated carbocycles. The number of amides is 1. The Bertz CT molecular complexity index is 1330. The number of hydrogen-bond donors (Lipinski definition) is 2. The molecule has 0 aromatic carbocycles. The van der Waals surface area contributed by atoms with Crippen LogP contribution in [0.3, 0.4) is 0 Å². The van der Waals surface area contributed by atoms with Gasteiger partial charge in [-0.1, -0.05) is 230 Å². The van der Waals surface area contributed by atoms with E-state index in [2.05, 4.69) is 62.5 Å². The van der Waals surface area contributed by atoms with Crippen LogP contribution in [0.1, 0.15) is 265 Å². The average molecular weight is 993 g/mol. The Morgan fingerprint density at radius 3 is 1.35 bits per heavy atom. The van der Waals surface area contributed by atoms with Gasteiger partial charge in [-0.2, -0.15) is 0 Å². The van der Waals surface area contributed by atoms with Crippen molar-refractivity contribution in [3.8, 4) is 0 Å². The lowest BCUT2D eigenvalue weighted by molar-refractivity contribution is -0.870. The topological polar surface area (TPSA) is 111 Å². The fourth-order valence-corrected chi connectivity index (χ4v) is 8.98. The molecule has 1 amide bonds. The lowest BCUT2D eigenvalue weighted by Crippen LogP contribution is -2.47. The number of quaternary nitrogens is 1. The number of phosphoric acid groups is 1. The zero-order valence-electron chi connectivity index (χ0n) is 46.1. The van der Waals surface area contributed by atoms with Crippen molar-refractivity contribution in [3.05, 3.63) is 48.6 Å². The van der Waals surface area contributed by atoms with Gasteiger partial charge in [-0.05, 0) is 70.3 Å². The molecule has 0 fully saturated rings. The number of ether oxygens (including phenoxy) is 1. The molecule has 0 heterocycles. The summed E-state index contributed by atoms with van der Waals surface area (Å²) >= 11 is 0. The smallest absolute Gasteiger partial charge is 0.456 e. The predicted octanol–water partition coefficient (Wildman–Crippen LogP) is 17.3. The number of nitrogens with one attached hydrogen (secondary N) is 1. The van der Waals surface area contributed by atoms with Crippen molar-refractivity contribution in [2.24, 2.45) is 0 Å². The Kier molecular flexibility index (Phi) is 48.1. The molecule has 3 unspecified atom stereocenters. The molecule has 0 aliphatic heterocycles. The van der Waals surface area contributed by atoms with E-state index in [1.54, 1.807) is 0 Å². The lowest BCUT2D eigenvalue weighted by atomic mass is 10.0. The molecule has 0 aliphatic rings. The van der Waals surface area contributed by atoms with E-state index in [1.165, 1.54) is 148 Å². The van der Waals surface area contributed by atoms with Crippen LogP contribution < -0.4 is 5.32 Å². The third kappa shape index (κ3) is 50.7. The summed E-state index contributed by atoms with van der Waals surface area (Å²) in [6.07, 6.45) is 59.5. The Labute approximate surface area is 427 Å². The SMILES string of the molecule is CCCCC/C=C\C/C=C\C/C=C\CCCCCCC(=O)OC(/C=C/CCCCCCCCCCCCC)C(COP(=O)(O)OCC[N+](C)(C)C)NC(=O)CCCCCCCCCCCCCCC.